The maximum atomic E-state index is 12.6. The standard InChI is InChI=1S/C9H6FO/c1-6-4-7-2-3-8(10)5-9(7)11-6/h3-5H,1H3. The molecule has 55 valence electrons. The average Bonchev–Trinajstić information content (AvgIpc) is 2.27. The summed E-state index contributed by atoms with van der Waals surface area (Å²) in [6.45, 7) is 1.83. The molecule has 1 nitrogen and oxygen atoms in total. The van der Waals surface area contributed by atoms with Crippen molar-refractivity contribution in [1.82, 2.24) is 0 Å². The molecule has 1 aromatic carbocycles. The van der Waals surface area contributed by atoms with Crippen LogP contribution >= 0.6 is 0 Å². The molecule has 0 aliphatic rings. The van der Waals surface area contributed by atoms with Crippen LogP contribution in [0.3, 0.4) is 0 Å². The fourth-order valence-electron chi connectivity index (χ4n) is 1.07. The van der Waals surface area contributed by atoms with Crippen molar-refractivity contribution in [3.63, 3.8) is 0 Å². The lowest BCUT2D eigenvalue weighted by Crippen LogP contribution is -1.69. The Kier molecular flexibility index (Phi) is 1.22. The molecule has 0 aliphatic carbocycles. The van der Waals surface area contributed by atoms with Gasteiger partial charge in [0.25, 0.3) is 0 Å². The van der Waals surface area contributed by atoms with Gasteiger partial charge in [-0.3, -0.25) is 0 Å². The first kappa shape index (κ1) is 6.40. The van der Waals surface area contributed by atoms with Crippen LogP contribution in [0.5, 0.6) is 0 Å². The van der Waals surface area contributed by atoms with Crippen molar-refractivity contribution >= 4 is 11.0 Å². The predicted molar refractivity (Wildman–Crippen MR) is 39.7 cm³/mol. The molecule has 2 aromatic rings. The van der Waals surface area contributed by atoms with Crippen molar-refractivity contribution in [1.29, 1.82) is 0 Å². The Hall–Kier alpha value is -1.31. The molecule has 1 radical (unpaired) electrons. The van der Waals surface area contributed by atoms with E-state index in [4.69, 9.17) is 4.42 Å². The fraction of sp³-hybridized carbons (Fsp3) is 0.111. The molecule has 0 bridgehead atoms. The number of furan rings is 1. The van der Waals surface area contributed by atoms with Gasteiger partial charge in [0.05, 0.1) is 0 Å². The van der Waals surface area contributed by atoms with Gasteiger partial charge in [-0.2, -0.15) is 0 Å². The number of aryl methyl sites for hydroxylation is 1. The minimum absolute atomic E-state index is 0.313. The number of fused-ring (bicyclic) bond motifs is 1. The summed E-state index contributed by atoms with van der Waals surface area (Å²) >= 11 is 0. The molecule has 11 heavy (non-hydrogen) atoms. The molecular weight excluding hydrogens is 143 g/mol. The Morgan fingerprint density at radius 3 is 3.09 bits per heavy atom. The van der Waals surface area contributed by atoms with Crippen LogP contribution in [0, 0.1) is 18.8 Å². The van der Waals surface area contributed by atoms with E-state index in [1.807, 2.05) is 13.0 Å². The first-order valence-electron chi connectivity index (χ1n) is 3.33. The molecule has 0 N–H and O–H groups in total. The van der Waals surface area contributed by atoms with E-state index in [0.717, 1.165) is 11.1 Å². The molecule has 1 aromatic heterocycles. The Bertz CT molecular complexity index is 389. The predicted octanol–water partition coefficient (Wildman–Crippen LogP) is 2.68. The lowest BCUT2D eigenvalue weighted by Gasteiger charge is -1.85. The normalized spacial score (nSPS) is 10.7. The summed E-state index contributed by atoms with van der Waals surface area (Å²) in [7, 11) is 0. The van der Waals surface area contributed by atoms with Gasteiger partial charge in [-0.25, -0.2) is 4.39 Å². The Morgan fingerprint density at radius 2 is 2.27 bits per heavy atom. The van der Waals surface area contributed by atoms with E-state index in [1.165, 1.54) is 12.1 Å². The third-order valence-corrected chi connectivity index (χ3v) is 1.52. The maximum absolute atomic E-state index is 12.6. The minimum atomic E-state index is -0.313. The van der Waals surface area contributed by atoms with Gasteiger partial charge in [0.2, 0.25) is 0 Å². The van der Waals surface area contributed by atoms with E-state index < -0.39 is 0 Å². The third kappa shape index (κ3) is 1.00. The molecule has 2 heteroatoms. The molecule has 0 unspecified atom stereocenters. The highest BCUT2D eigenvalue weighted by Crippen LogP contribution is 2.18. The van der Waals surface area contributed by atoms with Crippen molar-refractivity contribution in [2.75, 3.05) is 0 Å². The molecule has 1 heterocycles. The highest BCUT2D eigenvalue weighted by atomic mass is 19.1. The van der Waals surface area contributed by atoms with Crippen LogP contribution in [0.1, 0.15) is 5.76 Å². The summed E-state index contributed by atoms with van der Waals surface area (Å²) in [6.07, 6.45) is 0. The smallest absolute Gasteiger partial charge is 0.137 e. The molecule has 0 atom stereocenters. The fourth-order valence-corrected chi connectivity index (χ4v) is 1.07. The van der Waals surface area contributed by atoms with Crippen molar-refractivity contribution < 1.29 is 8.81 Å². The van der Waals surface area contributed by atoms with Gasteiger partial charge >= 0.3 is 0 Å². The van der Waals surface area contributed by atoms with Gasteiger partial charge in [-0.05, 0) is 25.1 Å². The highest BCUT2D eigenvalue weighted by molar-refractivity contribution is 5.76. The molecule has 2 rings (SSSR count). The number of hydrogen-bond donors (Lipinski definition) is 0. The summed E-state index contributed by atoms with van der Waals surface area (Å²) in [5.74, 6) is 0.466. The van der Waals surface area contributed by atoms with Gasteiger partial charge < -0.3 is 4.42 Å². The van der Waals surface area contributed by atoms with Crippen molar-refractivity contribution in [3.05, 3.63) is 35.8 Å². The Balaban J connectivity index is 2.82. The Labute approximate surface area is 63.4 Å². The second kappa shape index (κ2) is 2.09. The van der Waals surface area contributed by atoms with E-state index in [2.05, 4.69) is 6.07 Å². The number of hydrogen-bond acceptors (Lipinski definition) is 1. The summed E-state index contributed by atoms with van der Waals surface area (Å²) in [6, 6.07) is 7.26. The molecule has 0 aliphatic heterocycles. The van der Waals surface area contributed by atoms with Gasteiger partial charge in [0, 0.05) is 11.5 Å². The monoisotopic (exact) mass is 149 g/mol. The van der Waals surface area contributed by atoms with E-state index >= 15 is 0 Å². The van der Waals surface area contributed by atoms with Gasteiger partial charge in [0.1, 0.15) is 17.2 Å². The van der Waals surface area contributed by atoms with Crippen LogP contribution in [0.4, 0.5) is 4.39 Å². The van der Waals surface area contributed by atoms with Crippen molar-refractivity contribution in [2.24, 2.45) is 0 Å². The Morgan fingerprint density at radius 1 is 1.45 bits per heavy atom. The molecular formula is C9H6FO. The summed E-state index contributed by atoms with van der Waals surface area (Å²) in [5.41, 5.74) is 0.558. The third-order valence-electron chi connectivity index (χ3n) is 1.52. The summed E-state index contributed by atoms with van der Waals surface area (Å²) in [4.78, 5) is 0. The van der Waals surface area contributed by atoms with Crippen LogP contribution < -0.4 is 0 Å². The zero-order valence-corrected chi connectivity index (χ0v) is 6.02. The van der Waals surface area contributed by atoms with Crippen molar-refractivity contribution in [3.8, 4) is 0 Å². The second-order valence-corrected chi connectivity index (χ2v) is 2.45. The van der Waals surface area contributed by atoms with Gasteiger partial charge in [-0.1, -0.05) is 0 Å². The average molecular weight is 149 g/mol. The molecule has 0 fully saturated rings. The molecule has 0 saturated carbocycles. The van der Waals surface area contributed by atoms with Crippen LogP contribution in [0.15, 0.2) is 22.6 Å². The number of benzene rings is 1. The second-order valence-electron chi connectivity index (χ2n) is 2.45. The quantitative estimate of drug-likeness (QED) is 0.561. The summed E-state index contributed by atoms with van der Waals surface area (Å²) < 4.78 is 17.7. The van der Waals surface area contributed by atoms with E-state index in [0.29, 0.717) is 5.58 Å². The van der Waals surface area contributed by atoms with Crippen LogP contribution in [0.2, 0.25) is 0 Å². The number of halogens is 1. The highest BCUT2D eigenvalue weighted by Gasteiger charge is 2.00. The number of rotatable bonds is 0. The van der Waals surface area contributed by atoms with Gasteiger partial charge in [-0.15, -0.1) is 0 Å². The minimum Gasteiger partial charge on any atom is -0.461 e. The van der Waals surface area contributed by atoms with Crippen LogP contribution in [0.25, 0.3) is 11.0 Å². The maximum Gasteiger partial charge on any atom is 0.137 e. The van der Waals surface area contributed by atoms with Gasteiger partial charge in [0.15, 0.2) is 0 Å². The topological polar surface area (TPSA) is 13.1 Å². The first-order chi connectivity index (χ1) is 5.25. The largest absolute Gasteiger partial charge is 0.461 e. The first-order valence-corrected chi connectivity index (χ1v) is 3.33. The van der Waals surface area contributed by atoms with E-state index in [1.54, 1.807) is 0 Å². The SMILES string of the molecule is Cc1cc2[c]cc(F)cc2o1. The zero-order valence-electron chi connectivity index (χ0n) is 6.02. The molecule has 0 saturated heterocycles. The lowest BCUT2D eigenvalue weighted by molar-refractivity contribution is 0.571. The lowest BCUT2D eigenvalue weighted by atomic mass is 10.2. The molecule has 0 amide bonds. The van der Waals surface area contributed by atoms with E-state index in [-0.39, 0.29) is 5.82 Å². The molecule has 0 spiro atoms. The summed E-state index contributed by atoms with van der Waals surface area (Å²) in [5, 5.41) is 0.823. The van der Waals surface area contributed by atoms with E-state index in [9.17, 15) is 4.39 Å². The van der Waals surface area contributed by atoms with Crippen LogP contribution in [-0.2, 0) is 0 Å². The van der Waals surface area contributed by atoms with Crippen LogP contribution in [-0.4, -0.2) is 0 Å². The zero-order chi connectivity index (χ0) is 7.84. The van der Waals surface area contributed by atoms with Crippen molar-refractivity contribution in [2.45, 2.75) is 6.92 Å².